The number of nitrogens with one attached hydrogen (secondary N) is 1. The predicted molar refractivity (Wildman–Crippen MR) is 66.6 cm³/mol. The second-order valence-electron chi connectivity index (χ2n) is 4.04. The summed E-state index contributed by atoms with van der Waals surface area (Å²) in [6, 6.07) is 2.64. The molecule has 7 heteroatoms. The molecule has 2 amide bonds. The van der Waals surface area contributed by atoms with Gasteiger partial charge in [0.25, 0.3) is 5.91 Å². The van der Waals surface area contributed by atoms with Crippen molar-refractivity contribution in [1.82, 2.24) is 10.2 Å². The maximum atomic E-state index is 11.8. The van der Waals surface area contributed by atoms with Gasteiger partial charge in [0.1, 0.15) is 0 Å². The highest BCUT2D eigenvalue weighted by molar-refractivity contribution is 5.94. The van der Waals surface area contributed by atoms with Crippen molar-refractivity contribution in [1.29, 1.82) is 0 Å². The van der Waals surface area contributed by atoms with E-state index in [0.29, 0.717) is 0 Å². The zero-order valence-corrected chi connectivity index (χ0v) is 11.0. The third-order valence-corrected chi connectivity index (χ3v) is 2.41. The van der Waals surface area contributed by atoms with Crippen LogP contribution in [0, 0.1) is 0 Å². The quantitative estimate of drug-likeness (QED) is 0.695. The van der Waals surface area contributed by atoms with Gasteiger partial charge in [-0.25, -0.2) is 0 Å². The highest BCUT2D eigenvalue weighted by Gasteiger charge is 2.18. The minimum atomic E-state index is -0.482. The zero-order valence-electron chi connectivity index (χ0n) is 11.0. The van der Waals surface area contributed by atoms with Crippen molar-refractivity contribution in [2.75, 3.05) is 33.9 Å². The van der Waals surface area contributed by atoms with Crippen LogP contribution in [0.25, 0.3) is 0 Å². The van der Waals surface area contributed by atoms with E-state index in [1.54, 1.807) is 6.07 Å². The largest absolute Gasteiger partial charge is 0.459 e. The molecule has 0 aliphatic rings. The first-order valence-electron chi connectivity index (χ1n) is 5.76. The van der Waals surface area contributed by atoms with Crippen LogP contribution in [-0.2, 0) is 9.53 Å². The fourth-order valence-electron chi connectivity index (χ4n) is 1.49. The minimum Gasteiger partial charge on any atom is -0.459 e. The Morgan fingerprint density at radius 1 is 1.58 bits per heavy atom. The van der Waals surface area contributed by atoms with Gasteiger partial charge < -0.3 is 24.5 Å². The average Bonchev–Trinajstić information content (AvgIpc) is 2.90. The summed E-state index contributed by atoms with van der Waals surface area (Å²) in [5.74, 6) is -0.586. The van der Waals surface area contributed by atoms with Gasteiger partial charge in [0.2, 0.25) is 5.91 Å². The third-order valence-electron chi connectivity index (χ3n) is 2.41. The number of likely N-dealkylation sites (N-methyl/N-ethyl adjacent to an activating group) is 1. The smallest absolute Gasteiger partial charge is 0.289 e. The number of hydrogen-bond donors (Lipinski definition) is 2. The Balaban J connectivity index is 2.45. The molecule has 7 nitrogen and oxygen atoms in total. The van der Waals surface area contributed by atoms with Gasteiger partial charge >= 0.3 is 0 Å². The first-order chi connectivity index (χ1) is 9.08. The van der Waals surface area contributed by atoms with Gasteiger partial charge in [-0.1, -0.05) is 0 Å². The van der Waals surface area contributed by atoms with Crippen LogP contribution >= 0.6 is 0 Å². The molecule has 1 unspecified atom stereocenters. The van der Waals surface area contributed by atoms with E-state index < -0.39 is 6.04 Å². The summed E-state index contributed by atoms with van der Waals surface area (Å²) in [5, 5.41) is 11.6. The van der Waals surface area contributed by atoms with Crippen molar-refractivity contribution in [2.24, 2.45) is 0 Å². The summed E-state index contributed by atoms with van der Waals surface area (Å²) in [6.45, 7) is -0.146. The lowest BCUT2D eigenvalue weighted by Gasteiger charge is -2.19. The highest BCUT2D eigenvalue weighted by atomic mass is 16.5. The first kappa shape index (κ1) is 15.2. The molecule has 1 aromatic rings. The van der Waals surface area contributed by atoms with Gasteiger partial charge in [-0.15, -0.1) is 0 Å². The van der Waals surface area contributed by atoms with E-state index in [9.17, 15) is 9.59 Å². The molecule has 1 heterocycles. The molecule has 1 atom stereocenters. The van der Waals surface area contributed by atoms with E-state index in [1.165, 1.54) is 31.4 Å². The van der Waals surface area contributed by atoms with Crippen LogP contribution in [0.3, 0.4) is 0 Å². The molecule has 106 valence electrons. The Kier molecular flexibility index (Phi) is 6.04. The lowest BCUT2D eigenvalue weighted by Crippen LogP contribution is -2.45. The molecule has 0 radical (unpaired) electrons. The Hall–Kier alpha value is -1.86. The van der Waals surface area contributed by atoms with E-state index in [4.69, 9.17) is 14.3 Å². The van der Waals surface area contributed by atoms with Gasteiger partial charge in [-0.3, -0.25) is 9.59 Å². The lowest BCUT2D eigenvalue weighted by molar-refractivity contribution is -0.123. The number of nitrogens with zero attached hydrogens (tertiary/aromatic N) is 1. The minimum absolute atomic E-state index is 0.125. The monoisotopic (exact) mass is 270 g/mol. The SMILES string of the molecule is COCC(CO)NC(=O)CN(C)C(=O)c1ccco1. The standard InChI is InChI=1S/C12H18N2O5/c1-14(12(17)10-4-3-5-19-10)6-11(16)13-9(7-15)8-18-2/h3-5,9,15H,6-8H2,1-2H3,(H,13,16). The molecule has 2 N–H and O–H groups in total. The molecular formula is C12H18N2O5. The van der Waals surface area contributed by atoms with Crippen LogP contribution in [0.15, 0.2) is 22.8 Å². The summed E-state index contributed by atoms with van der Waals surface area (Å²) < 4.78 is 9.79. The van der Waals surface area contributed by atoms with Gasteiger partial charge in [-0.2, -0.15) is 0 Å². The van der Waals surface area contributed by atoms with Crippen LogP contribution in [-0.4, -0.2) is 61.8 Å². The Morgan fingerprint density at radius 3 is 2.84 bits per heavy atom. The number of ether oxygens (including phenoxy) is 1. The maximum absolute atomic E-state index is 11.8. The number of rotatable bonds is 7. The van der Waals surface area contributed by atoms with Gasteiger partial charge in [0.15, 0.2) is 5.76 Å². The van der Waals surface area contributed by atoms with Crippen molar-refractivity contribution in [2.45, 2.75) is 6.04 Å². The van der Waals surface area contributed by atoms with Crippen molar-refractivity contribution in [3.05, 3.63) is 24.2 Å². The molecule has 0 aromatic carbocycles. The first-order valence-corrected chi connectivity index (χ1v) is 5.76. The number of aliphatic hydroxyl groups is 1. The van der Waals surface area contributed by atoms with Crippen LogP contribution in [0.5, 0.6) is 0 Å². The summed E-state index contributed by atoms with van der Waals surface area (Å²) >= 11 is 0. The molecule has 0 spiro atoms. The molecule has 1 aromatic heterocycles. The number of furan rings is 1. The maximum Gasteiger partial charge on any atom is 0.289 e. The van der Waals surface area contributed by atoms with E-state index in [0.717, 1.165) is 0 Å². The molecule has 0 bridgehead atoms. The molecule has 19 heavy (non-hydrogen) atoms. The van der Waals surface area contributed by atoms with E-state index in [2.05, 4.69) is 5.32 Å². The van der Waals surface area contributed by atoms with Gasteiger partial charge in [-0.05, 0) is 12.1 Å². The van der Waals surface area contributed by atoms with Crippen molar-refractivity contribution < 1.29 is 23.8 Å². The number of carbonyl (C=O) groups is 2. The molecule has 0 aliphatic carbocycles. The number of aliphatic hydroxyl groups excluding tert-OH is 1. The van der Waals surface area contributed by atoms with Crippen molar-refractivity contribution >= 4 is 11.8 Å². The molecule has 0 aliphatic heterocycles. The average molecular weight is 270 g/mol. The van der Waals surface area contributed by atoms with Crippen LogP contribution in [0.4, 0.5) is 0 Å². The van der Waals surface area contributed by atoms with Gasteiger partial charge in [0.05, 0.1) is 32.1 Å². The third kappa shape index (κ3) is 4.72. The van der Waals surface area contributed by atoms with Crippen LogP contribution < -0.4 is 5.32 Å². The van der Waals surface area contributed by atoms with Gasteiger partial charge in [0, 0.05) is 14.2 Å². The lowest BCUT2D eigenvalue weighted by atomic mass is 10.3. The molecule has 0 saturated carbocycles. The second-order valence-corrected chi connectivity index (χ2v) is 4.04. The summed E-state index contributed by atoms with van der Waals surface area (Å²) in [7, 11) is 2.97. The van der Waals surface area contributed by atoms with Crippen LogP contribution in [0.2, 0.25) is 0 Å². The number of hydrogen-bond acceptors (Lipinski definition) is 5. The van der Waals surface area contributed by atoms with Crippen molar-refractivity contribution in [3.8, 4) is 0 Å². The summed E-state index contributed by atoms with van der Waals surface area (Å²) in [4.78, 5) is 24.7. The topological polar surface area (TPSA) is 92.0 Å². The Bertz CT molecular complexity index is 404. The van der Waals surface area contributed by atoms with E-state index in [1.807, 2.05) is 0 Å². The zero-order chi connectivity index (χ0) is 14.3. The molecule has 0 fully saturated rings. The summed E-state index contributed by atoms with van der Waals surface area (Å²) in [5.41, 5.74) is 0. The molecule has 1 rings (SSSR count). The normalized spacial score (nSPS) is 11.9. The van der Waals surface area contributed by atoms with E-state index in [-0.39, 0.29) is 37.3 Å². The fraction of sp³-hybridized carbons (Fsp3) is 0.500. The number of amides is 2. The molecule has 0 saturated heterocycles. The highest BCUT2D eigenvalue weighted by Crippen LogP contribution is 2.03. The number of carbonyl (C=O) groups excluding carboxylic acids is 2. The number of methoxy groups -OCH3 is 1. The fourth-order valence-corrected chi connectivity index (χ4v) is 1.49. The Labute approximate surface area is 111 Å². The second kappa shape index (κ2) is 7.55. The summed E-state index contributed by atoms with van der Waals surface area (Å²) in [6.07, 6.45) is 1.39. The predicted octanol–water partition coefficient (Wildman–Crippen LogP) is -0.525. The van der Waals surface area contributed by atoms with E-state index >= 15 is 0 Å². The molecular weight excluding hydrogens is 252 g/mol. The van der Waals surface area contributed by atoms with Crippen LogP contribution in [0.1, 0.15) is 10.6 Å². The van der Waals surface area contributed by atoms with Crippen molar-refractivity contribution in [3.63, 3.8) is 0 Å². The Morgan fingerprint density at radius 2 is 2.32 bits per heavy atom.